The predicted molar refractivity (Wildman–Crippen MR) is 136 cm³/mol. The summed E-state index contributed by atoms with van der Waals surface area (Å²) in [5, 5.41) is 0.621. The largest absolute Gasteiger partial charge is 0.496 e. The zero-order valence-electron chi connectivity index (χ0n) is 18.2. The van der Waals surface area contributed by atoms with Crippen LogP contribution in [0.5, 0.6) is 11.5 Å². The van der Waals surface area contributed by atoms with Crippen LogP contribution in [-0.2, 0) is 13.0 Å². The van der Waals surface area contributed by atoms with Crippen LogP contribution in [0.25, 0.3) is 6.08 Å². The van der Waals surface area contributed by atoms with Gasteiger partial charge in [0.2, 0.25) is 0 Å². The molecule has 0 bridgehead atoms. The third kappa shape index (κ3) is 6.35. The van der Waals surface area contributed by atoms with E-state index in [4.69, 9.17) is 21.1 Å². The van der Waals surface area contributed by atoms with Gasteiger partial charge in [0.05, 0.1) is 12.0 Å². The first-order chi connectivity index (χ1) is 16.1. The number of hydrogen-bond acceptors (Lipinski definition) is 4. The molecule has 5 heteroatoms. The van der Waals surface area contributed by atoms with Crippen LogP contribution in [0.3, 0.4) is 0 Å². The summed E-state index contributed by atoms with van der Waals surface area (Å²) in [6.45, 7) is 0.326. The second kappa shape index (κ2) is 11.0. The molecule has 1 heterocycles. The van der Waals surface area contributed by atoms with Crippen LogP contribution in [0.1, 0.15) is 31.2 Å². The minimum atomic E-state index is -0.00754. The predicted octanol–water partition coefficient (Wildman–Crippen LogP) is 7.48. The van der Waals surface area contributed by atoms with Crippen molar-refractivity contribution in [3.8, 4) is 11.5 Å². The van der Waals surface area contributed by atoms with E-state index in [1.165, 1.54) is 21.8 Å². The van der Waals surface area contributed by atoms with E-state index < -0.39 is 0 Å². The summed E-state index contributed by atoms with van der Waals surface area (Å²) in [6.07, 6.45) is 4.26. The van der Waals surface area contributed by atoms with Crippen molar-refractivity contribution < 1.29 is 14.3 Å². The van der Waals surface area contributed by atoms with Gasteiger partial charge in [0.1, 0.15) is 18.1 Å². The Bertz CT molecular complexity index is 1260. The van der Waals surface area contributed by atoms with E-state index in [1.807, 2.05) is 66.7 Å². The number of halogens is 1. The molecule has 0 saturated heterocycles. The van der Waals surface area contributed by atoms with Crippen LogP contribution >= 0.6 is 22.9 Å². The molecule has 33 heavy (non-hydrogen) atoms. The third-order valence-corrected chi connectivity index (χ3v) is 6.38. The van der Waals surface area contributed by atoms with Gasteiger partial charge in [0.15, 0.2) is 5.78 Å². The van der Waals surface area contributed by atoms with Crippen molar-refractivity contribution in [2.75, 3.05) is 7.11 Å². The fourth-order valence-corrected chi connectivity index (χ4v) is 4.53. The fourth-order valence-electron chi connectivity index (χ4n) is 3.39. The summed E-state index contributed by atoms with van der Waals surface area (Å²) in [5.41, 5.74) is 3.02. The van der Waals surface area contributed by atoms with Crippen LogP contribution in [0.15, 0.2) is 91.0 Å². The van der Waals surface area contributed by atoms with Crippen molar-refractivity contribution in [2.24, 2.45) is 0 Å². The number of rotatable bonds is 9. The number of hydrogen-bond donors (Lipinski definition) is 0. The Labute approximate surface area is 202 Å². The average Bonchev–Trinajstić information content (AvgIpc) is 3.30. The maximum atomic E-state index is 12.7. The van der Waals surface area contributed by atoms with E-state index in [0.29, 0.717) is 17.4 Å². The van der Waals surface area contributed by atoms with Gasteiger partial charge >= 0.3 is 0 Å². The van der Waals surface area contributed by atoms with Crippen LogP contribution in [0.4, 0.5) is 0 Å². The molecule has 0 spiro atoms. The molecule has 3 aromatic carbocycles. The van der Waals surface area contributed by atoms with E-state index in [-0.39, 0.29) is 5.78 Å². The second-order valence-corrected chi connectivity index (χ2v) is 9.05. The van der Waals surface area contributed by atoms with Gasteiger partial charge in [0, 0.05) is 21.9 Å². The summed E-state index contributed by atoms with van der Waals surface area (Å²) >= 11 is 7.56. The minimum absolute atomic E-state index is 0.00754. The average molecular weight is 475 g/mol. The first kappa shape index (κ1) is 22.8. The summed E-state index contributed by atoms with van der Waals surface area (Å²) in [5.74, 6) is 1.40. The molecule has 0 atom stereocenters. The van der Waals surface area contributed by atoms with Gasteiger partial charge in [-0.2, -0.15) is 0 Å². The van der Waals surface area contributed by atoms with Crippen LogP contribution in [-0.4, -0.2) is 12.9 Å². The van der Waals surface area contributed by atoms with E-state index in [2.05, 4.69) is 12.1 Å². The summed E-state index contributed by atoms with van der Waals surface area (Å²) in [4.78, 5) is 14.6. The van der Waals surface area contributed by atoms with Crippen molar-refractivity contribution in [1.29, 1.82) is 0 Å². The monoisotopic (exact) mass is 474 g/mol. The molecule has 0 aliphatic rings. The molecule has 1 aromatic heterocycles. The highest BCUT2D eigenvalue weighted by Gasteiger charge is 2.09. The zero-order chi connectivity index (χ0) is 23.0. The minimum Gasteiger partial charge on any atom is -0.496 e. The molecule has 4 aromatic rings. The smallest absolute Gasteiger partial charge is 0.195 e. The highest BCUT2D eigenvalue weighted by atomic mass is 35.5. The maximum absolute atomic E-state index is 12.7. The van der Waals surface area contributed by atoms with E-state index >= 15 is 0 Å². The third-order valence-electron chi connectivity index (χ3n) is 5.05. The standard InChI is InChI=1S/C28H23ClO3S/c1-31-27-14-11-21(16-22(27)19-32-24-9-5-8-23(29)18-24)10-13-26(30)28-15-12-25(33-28)17-20-6-3-2-4-7-20/h2-16,18H,17,19H2,1H3/b13-10+. The highest BCUT2D eigenvalue weighted by Crippen LogP contribution is 2.25. The molecular formula is C28H23ClO3S. The number of carbonyl (C=O) groups is 1. The Balaban J connectivity index is 1.43. The van der Waals surface area contributed by atoms with E-state index in [0.717, 1.165) is 28.2 Å². The zero-order valence-corrected chi connectivity index (χ0v) is 19.7. The van der Waals surface area contributed by atoms with Crippen molar-refractivity contribution in [3.05, 3.63) is 122 Å². The van der Waals surface area contributed by atoms with Gasteiger partial charge in [-0.15, -0.1) is 11.3 Å². The second-order valence-electron chi connectivity index (χ2n) is 7.44. The van der Waals surface area contributed by atoms with Gasteiger partial charge in [0.25, 0.3) is 0 Å². The van der Waals surface area contributed by atoms with Crippen LogP contribution < -0.4 is 9.47 Å². The quantitative estimate of drug-likeness (QED) is 0.186. The SMILES string of the molecule is COc1ccc(/C=C/C(=O)c2ccc(Cc3ccccc3)s2)cc1COc1cccc(Cl)c1. The molecule has 0 N–H and O–H groups in total. The summed E-state index contributed by atoms with van der Waals surface area (Å²) in [6, 6.07) is 27.2. The molecule has 166 valence electrons. The number of ether oxygens (including phenoxy) is 2. The highest BCUT2D eigenvalue weighted by molar-refractivity contribution is 7.14. The topological polar surface area (TPSA) is 35.5 Å². The van der Waals surface area contributed by atoms with Crippen molar-refractivity contribution >= 4 is 34.8 Å². The van der Waals surface area contributed by atoms with Gasteiger partial charge in [-0.3, -0.25) is 4.79 Å². The number of carbonyl (C=O) groups excluding carboxylic acids is 1. The molecule has 0 amide bonds. The molecule has 4 rings (SSSR count). The number of methoxy groups -OCH3 is 1. The molecule has 0 aliphatic heterocycles. The lowest BCUT2D eigenvalue weighted by atomic mass is 10.1. The Hall–Kier alpha value is -3.34. The lowest BCUT2D eigenvalue weighted by Crippen LogP contribution is -1.99. The number of allylic oxidation sites excluding steroid dienone is 1. The molecule has 0 radical (unpaired) electrons. The van der Waals surface area contributed by atoms with Crippen LogP contribution in [0.2, 0.25) is 5.02 Å². The van der Waals surface area contributed by atoms with Crippen molar-refractivity contribution in [3.63, 3.8) is 0 Å². The molecule has 0 unspecified atom stereocenters. The molecule has 0 fully saturated rings. The Morgan fingerprint density at radius 2 is 1.82 bits per heavy atom. The summed E-state index contributed by atoms with van der Waals surface area (Å²) < 4.78 is 11.3. The first-order valence-electron chi connectivity index (χ1n) is 10.5. The number of ketones is 1. The normalized spacial score (nSPS) is 11.0. The summed E-state index contributed by atoms with van der Waals surface area (Å²) in [7, 11) is 1.63. The molecular weight excluding hydrogens is 452 g/mol. The maximum Gasteiger partial charge on any atom is 0.195 e. The van der Waals surface area contributed by atoms with Gasteiger partial charge in [-0.05, 0) is 59.7 Å². The fraction of sp³-hybridized carbons (Fsp3) is 0.107. The van der Waals surface area contributed by atoms with Gasteiger partial charge in [-0.1, -0.05) is 60.1 Å². The Kier molecular flexibility index (Phi) is 7.61. The van der Waals surface area contributed by atoms with E-state index in [1.54, 1.807) is 25.3 Å². The van der Waals surface area contributed by atoms with Crippen molar-refractivity contribution in [2.45, 2.75) is 13.0 Å². The number of benzene rings is 3. The van der Waals surface area contributed by atoms with Gasteiger partial charge < -0.3 is 9.47 Å². The molecule has 0 aliphatic carbocycles. The Morgan fingerprint density at radius 1 is 0.970 bits per heavy atom. The van der Waals surface area contributed by atoms with Crippen molar-refractivity contribution in [1.82, 2.24) is 0 Å². The van der Waals surface area contributed by atoms with E-state index in [9.17, 15) is 4.79 Å². The molecule has 3 nitrogen and oxygen atoms in total. The lowest BCUT2D eigenvalue weighted by Gasteiger charge is -2.11. The number of thiophene rings is 1. The molecule has 0 saturated carbocycles. The Morgan fingerprint density at radius 3 is 2.61 bits per heavy atom. The first-order valence-corrected chi connectivity index (χ1v) is 11.7. The lowest BCUT2D eigenvalue weighted by molar-refractivity contribution is 0.105. The van der Waals surface area contributed by atoms with Gasteiger partial charge in [-0.25, -0.2) is 0 Å². The van der Waals surface area contributed by atoms with Crippen LogP contribution in [0, 0.1) is 0 Å².